The minimum atomic E-state index is -1.48. The Morgan fingerprint density at radius 1 is 1.38 bits per heavy atom. The van der Waals surface area contributed by atoms with Crippen LogP contribution >= 0.6 is 0 Å². The fraction of sp³-hybridized carbons (Fsp3) is 0.636. The Bertz CT molecular complexity index is 179. The molecule has 2 heteroatoms. The Labute approximate surface area is 82.6 Å². The molecule has 0 aliphatic carbocycles. The average molecular weight is 196 g/mol. The molecule has 1 nitrogen and oxygen atoms in total. The number of hydrogen-bond acceptors (Lipinski definition) is 1. The van der Waals surface area contributed by atoms with Crippen molar-refractivity contribution in [3.05, 3.63) is 25.3 Å². The summed E-state index contributed by atoms with van der Waals surface area (Å²) in [5.41, 5.74) is 0. The second-order valence-electron chi connectivity index (χ2n) is 3.99. The zero-order valence-electron chi connectivity index (χ0n) is 8.59. The molecule has 0 aromatic heterocycles. The van der Waals surface area contributed by atoms with E-state index in [9.17, 15) is 0 Å². The fourth-order valence-electron chi connectivity index (χ4n) is 2.17. The van der Waals surface area contributed by atoms with Crippen LogP contribution in [0.5, 0.6) is 0 Å². The lowest BCUT2D eigenvalue weighted by atomic mass is 10.2. The lowest BCUT2D eigenvalue weighted by Gasteiger charge is -2.37. The van der Waals surface area contributed by atoms with Crippen molar-refractivity contribution in [1.82, 2.24) is 0 Å². The van der Waals surface area contributed by atoms with E-state index in [0.717, 1.165) is 12.1 Å². The quantitative estimate of drug-likeness (QED) is 0.494. The molecule has 1 saturated heterocycles. The second kappa shape index (κ2) is 4.77. The van der Waals surface area contributed by atoms with E-state index in [4.69, 9.17) is 4.43 Å². The Balaban J connectivity index is 2.63. The molecule has 1 atom stereocenters. The molecular formula is C11H20OSi. The summed E-state index contributed by atoms with van der Waals surface area (Å²) in [5.74, 6) is 0. The van der Waals surface area contributed by atoms with Gasteiger partial charge in [0.2, 0.25) is 8.32 Å². The van der Waals surface area contributed by atoms with Gasteiger partial charge in [-0.25, -0.2) is 0 Å². The molecule has 1 aliphatic rings. The molecule has 1 fully saturated rings. The highest BCUT2D eigenvalue weighted by atomic mass is 28.4. The molecule has 0 spiro atoms. The van der Waals surface area contributed by atoms with E-state index in [0.29, 0.717) is 6.10 Å². The molecule has 13 heavy (non-hydrogen) atoms. The molecule has 0 aromatic rings. The number of hydrogen-bond donors (Lipinski definition) is 0. The highest BCUT2D eigenvalue weighted by Gasteiger charge is 2.36. The van der Waals surface area contributed by atoms with Crippen molar-refractivity contribution in [3.8, 4) is 0 Å². The monoisotopic (exact) mass is 196 g/mol. The topological polar surface area (TPSA) is 9.23 Å². The average Bonchev–Trinajstić information content (AvgIpc) is 2.04. The van der Waals surface area contributed by atoms with Gasteiger partial charge in [-0.15, -0.1) is 13.2 Å². The Kier molecular flexibility index (Phi) is 3.94. The van der Waals surface area contributed by atoms with Crippen LogP contribution in [0.2, 0.25) is 18.1 Å². The van der Waals surface area contributed by atoms with E-state index in [1.165, 1.54) is 18.9 Å². The van der Waals surface area contributed by atoms with Crippen molar-refractivity contribution >= 4 is 8.32 Å². The van der Waals surface area contributed by atoms with Gasteiger partial charge >= 0.3 is 0 Å². The summed E-state index contributed by atoms with van der Waals surface area (Å²) in [7, 11) is -1.48. The molecule has 1 rings (SSSR count). The van der Waals surface area contributed by atoms with Gasteiger partial charge in [0, 0.05) is 6.10 Å². The summed E-state index contributed by atoms with van der Waals surface area (Å²) in [4.78, 5) is 0. The molecule has 0 amide bonds. The maximum absolute atomic E-state index is 6.15. The maximum atomic E-state index is 6.15. The summed E-state index contributed by atoms with van der Waals surface area (Å²) in [6.07, 6.45) is 7.06. The standard InChI is InChI=1S/C11H20OSi/c1-4-8-13(9-5-2)10-6-7-11(3)12-13/h4-5,11H,1-2,6-10H2,3H3. The molecule has 1 aliphatic heterocycles. The summed E-state index contributed by atoms with van der Waals surface area (Å²) >= 11 is 0. The largest absolute Gasteiger partial charge is 0.414 e. The lowest BCUT2D eigenvalue weighted by Crippen LogP contribution is -2.43. The molecular weight excluding hydrogens is 176 g/mol. The Hall–Kier alpha value is -0.343. The van der Waals surface area contributed by atoms with Crippen molar-refractivity contribution in [2.75, 3.05) is 0 Å². The molecule has 0 N–H and O–H groups in total. The highest BCUT2D eigenvalue weighted by Crippen LogP contribution is 2.32. The van der Waals surface area contributed by atoms with E-state index in [1.54, 1.807) is 0 Å². The third kappa shape index (κ3) is 2.81. The van der Waals surface area contributed by atoms with Crippen molar-refractivity contribution in [2.24, 2.45) is 0 Å². The maximum Gasteiger partial charge on any atom is 0.200 e. The predicted octanol–water partition coefficient (Wildman–Crippen LogP) is 3.50. The van der Waals surface area contributed by atoms with E-state index in [-0.39, 0.29) is 0 Å². The third-order valence-corrected chi connectivity index (χ3v) is 6.96. The van der Waals surface area contributed by atoms with Crippen LogP contribution in [0.4, 0.5) is 0 Å². The van der Waals surface area contributed by atoms with Crippen LogP contribution in [-0.2, 0) is 4.43 Å². The molecule has 0 saturated carbocycles. The first kappa shape index (κ1) is 10.7. The van der Waals surface area contributed by atoms with Gasteiger partial charge in [-0.1, -0.05) is 18.6 Å². The smallest absolute Gasteiger partial charge is 0.200 e. The van der Waals surface area contributed by atoms with Gasteiger partial charge in [0.15, 0.2) is 0 Å². The fourth-order valence-corrected chi connectivity index (χ4v) is 5.92. The van der Waals surface area contributed by atoms with Gasteiger partial charge in [0.1, 0.15) is 0 Å². The third-order valence-electron chi connectivity index (χ3n) is 2.73. The van der Waals surface area contributed by atoms with Crippen LogP contribution in [0.15, 0.2) is 25.3 Å². The molecule has 0 bridgehead atoms. The molecule has 74 valence electrons. The summed E-state index contributed by atoms with van der Waals surface area (Å²) in [6, 6.07) is 3.46. The lowest BCUT2D eigenvalue weighted by molar-refractivity contribution is 0.175. The van der Waals surface area contributed by atoms with Crippen molar-refractivity contribution in [2.45, 2.75) is 44.0 Å². The predicted molar refractivity (Wildman–Crippen MR) is 60.4 cm³/mol. The van der Waals surface area contributed by atoms with E-state index < -0.39 is 8.32 Å². The van der Waals surface area contributed by atoms with Crippen LogP contribution in [0, 0.1) is 0 Å². The normalized spacial score (nSPS) is 26.7. The van der Waals surface area contributed by atoms with Crippen LogP contribution in [0.1, 0.15) is 19.8 Å². The highest BCUT2D eigenvalue weighted by molar-refractivity contribution is 6.74. The van der Waals surface area contributed by atoms with E-state index >= 15 is 0 Å². The summed E-state index contributed by atoms with van der Waals surface area (Å²) in [5, 5.41) is 0. The van der Waals surface area contributed by atoms with Gasteiger partial charge in [-0.3, -0.25) is 0 Å². The van der Waals surface area contributed by atoms with Gasteiger partial charge in [0.25, 0.3) is 0 Å². The zero-order chi connectivity index (χ0) is 9.73. The van der Waals surface area contributed by atoms with Crippen molar-refractivity contribution < 1.29 is 4.43 Å². The van der Waals surface area contributed by atoms with Gasteiger partial charge in [-0.2, -0.15) is 0 Å². The zero-order valence-corrected chi connectivity index (χ0v) is 9.59. The van der Waals surface area contributed by atoms with Crippen LogP contribution in [0.25, 0.3) is 0 Å². The van der Waals surface area contributed by atoms with Gasteiger partial charge < -0.3 is 4.43 Å². The minimum absolute atomic E-state index is 0.459. The van der Waals surface area contributed by atoms with Crippen LogP contribution in [-0.4, -0.2) is 14.4 Å². The van der Waals surface area contributed by atoms with E-state index in [2.05, 4.69) is 20.1 Å². The van der Waals surface area contributed by atoms with Crippen LogP contribution < -0.4 is 0 Å². The summed E-state index contributed by atoms with van der Waals surface area (Å²) < 4.78 is 6.15. The number of allylic oxidation sites excluding steroid dienone is 2. The van der Waals surface area contributed by atoms with Gasteiger partial charge in [0.05, 0.1) is 0 Å². The first-order chi connectivity index (χ1) is 6.22. The Morgan fingerprint density at radius 3 is 2.46 bits per heavy atom. The second-order valence-corrected chi connectivity index (χ2v) is 7.91. The van der Waals surface area contributed by atoms with E-state index in [1.807, 2.05) is 12.2 Å². The Morgan fingerprint density at radius 2 is 2.00 bits per heavy atom. The number of rotatable bonds is 4. The SMILES string of the molecule is C=CC[Si]1(CC=C)CCCC(C)O1. The van der Waals surface area contributed by atoms with Crippen molar-refractivity contribution in [3.63, 3.8) is 0 Å². The first-order valence-corrected chi connectivity index (χ1v) is 7.65. The van der Waals surface area contributed by atoms with Crippen LogP contribution in [0.3, 0.4) is 0 Å². The van der Waals surface area contributed by atoms with Gasteiger partial charge in [-0.05, 0) is 31.5 Å². The molecule has 0 aromatic carbocycles. The molecule has 1 heterocycles. The summed E-state index contributed by atoms with van der Waals surface area (Å²) in [6.45, 7) is 9.84. The molecule has 0 radical (unpaired) electrons. The molecule has 1 unspecified atom stereocenters. The van der Waals surface area contributed by atoms with Crippen molar-refractivity contribution in [1.29, 1.82) is 0 Å². The first-order valence-electron chi connectivity index (χ1n) is 5.12. The minimum Gasteiger partial charge on any atom is -0.414 e.